The lowest BCUT2D eigenvalue weighted by molar-refractivity contribution is -0.138. The van der Waals surface area contributed by atoms with Crippen LogP contribution in [0.25, 0.3) is 11.8 Å². The Labute approximate surface area is 244 Å². The molecule has 4 aromatic rings. The van der Waals surface area contributed by atoms with Crippen molar-refractivity contribution in [1.29, 1.82) is 5.26 Å². The van der Waals surface area contributed by atoms with Gasteiger partial charge in [-0.3, -0.25) is 9.36 Å². The molecular weight excluding hydrogens is 562 g/mol. The molecule has 0 unspecified atom stereocenters. The molecule has 0 N–H and O–H groups in total. The Morgan fingerprint density at radius 1 is 1.15 bits per heavy atom. The van der Waals surface area contributed by atoms with E-state index >= 15 is 0 Å². The lowest BCUT2D eigenvalue weighted by Gasteiger charge is -2.26. The van der Waals surface area contributed by atoms with Crippen molar-refractivity contribution in [2.24, 2.45) is 4.99 Å². The highest BCUT2D eigenvalue weighted by Gasteiger charge is 2.35. The van der Waals surface area contributed by atoms with Gasteiger partial charge in [-0.05, 0) is 48.9 Å². The Balaban J connectivity index is 1.80. The van der Waals surface area contributed by atoms with E-state index in [9.17, 15) is 9.59 Å². The smallest absolute Gasteiger partial charge is 0.338 e. The van der Waals surface area contributed by atoms with Gasteiger partial charge in [-0.15, -0.1) is 0 Å². The molecule has 0 aliphatic carbocycles. The van der Waals surface area contributed by atoms with Crippen LogP contribution in [0.1, 0.15) is 29.7 Å². The van der Waals surface area contributed by atoms with E-state index in [1.807, 2.05) is 48.5 Å². The molecule has 1 aliphatic rings. The normalized spacial score (nSPS) is 14.6. The second kappa shape index (κ2) is 12.3. The van der Waals surface area contributed by atoms with Crippen LogP contribution < -0.4 is 24.4 Å². The number of esters is 1. The Hall–Kier alpha value is -4.65. The molecule has 0 spiro atoms. The first kappa shape index (κ1) is 27.9. The van der Waals surface area contributed by atoms with Gasteiger partial charge in [-0.2, -0.15) is 5.26 Å². The van der Waals surface area contributed by atoms with Crippen molar-refractivity contribution in [3.63, 3.8) is 0 Å². The first-order chi connectivity index (χ1) is 19.9. The van der Waals surface area contributed by atoms with E-state index < -0.39 is 12.0 Å². The summed E-state index contributed by atoms with van der Waals surface area (Å²) in [7, 11) is 1.57. The molecule has 10 heteroatoms. The van der Waals surface area contributed by atoms with Crippen LogP contribution in [-0.4, -0.2) is 30.9 Å². The number of methoxy groups -OCH3 is 1. The minimum absolute atomic E-state index is 0.157. The molecule has 1 aromatic heterocycles. The van der Waals surface area contributed by atoms with E-state index in [0.717, 1.165) is 0 Å². The topological polar surface area (TPSA) is 103 Å². The van der Waals surface area contributed by atoms with Crippen LogP contribution in [-0.2, 0) is 9.53 Å². The number of thiazole rings is 1. The van der Waals surface area contributed by atoms with Crippen molar-refractivity contribution >= 4 is 40.7 Å². The lowest BCUT2D eigenvalue weighted by atomic mass is 9.93. The van der Waals surface area contributed by atoms with Crippen LogP contribution in [0.15, 0.2) is 88.2 Å². The highest BCUT2D eigenvalue weighted by atomic mass is 35.5. The molecule has 5 rings (SSSR count). The number of hydrogen-bond donors (Lipinski definition) is 0. The first-order valence-electron chi connectivity index (χ1n) is 12.7. The van der Waals surface area contributed by atoms with Gasteiger partial charge in [0.25, 0.3) is 5.56 Å². The van der Waals surface area contributed by atoms with Crippen molar-refractivity contribution in [2.75, 3.05) is 20.3 Å². The van der Waals surface area contributed by atoms with Gasteiger partial charge in [0.1, 0.15) is 17.6 Å². The van der Waals surface area contributed by atoms with Gasteiger partial charge < -0.3 is 14.2 Å². The third-order valence-corrected chi connectivity index (χ3v) is 7.57. The zero-order valence-corrected chi connectivity index (χ0v) is 23.7. The van der Waals surface area contributed by atoms with E-state index in [2.05, 4.69) is 0 Å². The van der Waals surface area contributed by atoms with E-state index in [1.54, 1.807) is 50.4 Å². The van der Waals surface area contributed by atoms with E-state index in [0.29, 0.717) is 48.2 Å². The SMILES string of the molecule is CCOC(=O)C1=C(c2ccccc2)N=c2s/c(=C\c3cc(Cl)ccc3OCC#N)c(=O)n2[C@@H]1c1ccc(OC)cc1. The van der Waals surface area contributed by atoms with Crippen LogP contribution in [0.4, 0.5) is 0 Å². The molecule has 41 heavy (non-hydrogen) atoms. The van der Waals surface area contributed by atoms with Crippen LogP contribution in [0, 0.1) is 11.3 Å². The maximum atomic E-state index is 14.1. The summed E-state index contributed by atoms with van der Waals surface area (Å²) in [6.45, 7) is 1.73. The number of aromatic nitrogens is 1. The molecular formula is C31H24ClN3O5S. The van der Waals surface area contributed by atoms with Gasteiger partial charge in [0.2, 0.25) is 0 Å². The van der Waals surface area contributed by atoms with Crippen molar-refractivity contribution < 1.29 is 19.0 Å². The van der Waals surface area contributed by atoms with Crippen LogP contribution in [0.2, 0.25) is 5.02 Å². The number of halogens is 1. The van der Waals surface area contributed by atoms with Gasteiger partial charge in [0, 0.05) is 16.1 Å². The molecule has 0 amide bonds. The number of rotatable bonds is 8. The van der Waals surface area contributed by atoms with E-state index in [-0.39, 0.29) is 24.3 Å². The van der Waals surface area contributed by atoms with Gasteiger partial charge in [0.15, 0.2) is 11.4 Å². The molecule has 1 atom stereocenters. The average Bonchev–Trinajstić information content (AvgIpc) is 3.30. The van der Waals surface area contributed by atoms with Crippen molar-refractivity contribution in [3.8, 4) is 17.6 Å². The fraction of sp³-hybridized carbons (Fsp3) is 0.161. The Kier molecular flexibility index (Phi) is 8.34. The summed E-state index contributed by atoms with van der Waals surface area (Å²) in [5.74, 6) is 0.481. The zero-order chi connectivity index (χ0) is 28.9. The number of ether oxygens (including phenoxy) is 3. The number of hydrogen-bond acceptors (Lipinski definition) is 8. The van der Waals surface area contributed by atoms with Gasteiger partial charge in [-0.1, -0.05) is 65.4 Å². The fourth-order valence-corrected chi connectivity index (χ4v) is 5.73. The maximum Gasteiger partial charge on any atom is 0.338 e. The second-order valence-electron chi connectivity index (χ2n) is 8.83. The predicted molar refractivity (Wildman–Crippen MR) is 157 cm³/mol. The highest BCUT2D eigenvalue weighted by Crippen LogP contribution is 2.35. The Bertz CT molecular complexity index is 1850. The second-order valence-corrected chi connectivity index (χ2v) is 10.3. The van der Waals surface area contributed by atoms with Gasteiger partial charge >= 0.3 is 5.97 Å². The molecule has 0 saturated carbocycles. The summed E-state index contributed by atoms with van der Waals surface area (Å²) >= 11 is 7.43. The zero-order valence-electron chi connectivity index (χ0n) is 22.2. The van der Waals surface area contributed by atoms with E-state index in [4.69, 9.17) is 36.1 Å². The minimum atomic E-state index is -0.817. The molecule has 2 heterocycles. The van der Waals surface area contributed by atoms with Crippen LogP contribution in [0.5, 0.6) is 11.5 Å². The standard InChI is InChI=1S/C31H24ClN3O5S/c1-3-39-30(37)26-27(19-7-5-4-6-8-19)34-31-35(28(26)20-9-12-23(38-2)13-10-20)29(36)25(41-31)18-21-17-22(32)11-14-24(21)40-16-15-33/h4-14,17-18,28H,3,16H2,1-2H3/b25-18-/t28-/m1/s1. The first-order valence-corrected chi connectivity index (χ1v) is 13.9. The number of nitrogens with zero attached hydrogens (tertiary/aromatic N) is 3. The predicted octanol–water partition coefficient (Wildman–Crippen LogP) is 4.50. The summed E-state index contributed by atoms with van der Waals surface area (Å²) in [6.07, 6.45) is 1.66. The number of benzene rings is 3. The third kappa shape index (κ3) is 5.66. The Morgan fingerprint density at radius 3 is 2.59 bits per heavy atom. The third-order valence-electron chi connectivity index (χ3n) is 6.36. The molecule has 0 saturated heterocycles. The van der Waals surface area contributed by atoms with Gasteiger partial charge in [-0.25, -0.2) is 9.79 Å². The summed E-state index contributed by atoms with van der Waals surface area (Å²) in [5, 5.41) is 9.43. The van der Waals surface area contributed by atoms with Crippen molar-refractivity contribution in [3.05, 3.63) is 120 Å². The number of fused-ring (bicyclic) bond motifs is 1. The van der Waals surface area contributed by atoms with Gasteiger partial charge in [0.05, 0.1) is 35.6 Å². The quantitative estimate of drug-likeness (QED) is 0.282. The molecule has 3 aromatic carbocycles. The van der Waals surface area contributed by atoms with E-state index in [1.165, 1.54) is 15.9 Å². The number of carbonyl (C=O) groups excluding carboxylic acids is 1. The summed E-state index contributed by atoms with van der Waals surface area (Å²) in [5.41, 5.74) is 2.27. The monoisotopic (exact) mass is 585 g/mol. The Morgan fingerprint density at radius 2 is 1.90 bits per heavy atom. The maximum absolute atomic E-state index is 14.1. The molecule has 1 aliphatic heterocycles. The molecule has 8 nitrogen and oxygen atoms in total. The fourth-order valence-electron chi connectivity index (χ4n) is 4.56. The minimum Gasteiger partial charge on any atom is -0.497 e. The molecule has 206 valence electrons. The summed E-state index contributed by atoms with van der Waals surface area (Å²) in [4.78, 5) is 32.9. The highest BCUT2D eigenvalue weighted by molar-refractivity contribution is 7.07. The van der Waals surface area contributed by atoms with Crippen molar-refractivity contribution in [2.45, 2.75) is 13.0 Å². The molecule has 0 bridgehead atoms. The van der Waals surface area contributed by atoms with Crippen molar-refractivity contribution in [1.82, 2.24) is 4.57 Å². The lowest BCUT2D eigenvalue weighted by Crippen LogP contribution is -2.40. The number of nitriles is 1. The molecule has 0 radical (unpaired) electrons. The summed E-state index contributed by atoms with van der Waals surface area (Å²) < 4.78 is 18.3. The summed E-state index contributed by atoms with van der Waals surface area (Å²) in [6, 6.07) is 22.6. The number of carbonyl (C=O) groups is 1. The largest absolute Gasteiger partial charge is 0.497 e. The van der Waals surface area contributed by atoms with Crippen LogP contribution in [0.3, 0.4) is 0 Å². The average molecular weight is 586 g/mol. The molecule has 0 fully saturated rings. The van der Waals surface area contributed by atoms with Crippen LogP contribution >= 0.6 is 22.9 Å².